The number of imidazole rings is 1. The van der Waals surface area contributed by atoms with Crippen molar-refractivity contribution in [2.24, 2.45) is 5.92 Å². The number of hydrogen-bond acceptors (Lipinski definition) is 4. The Labute approximate surface area is 190 Å². The fourth-order valence-electron chi connectivity index (χ4n) is 3.50. The third-order valence-electron chi connectivity index (χ3n) is 5.21. The molecule has 1 unspecified atom stereocenters. The Morgan fingerprint density at radius 1 is 1.16 bits per heavy atom. The number of carbonyl (C=O) groups is 2. The molecule has 0 spiro atoms. The first-order valence-corrected chi connectivity index (χ1v) is 11.5. The van der Waals surface area contributed by atoms with E-state index < -0.39 is 17.9 Å². The number of carboxylic acids is 2. The highest BCUT2D eigenvalue weighted by Crippen LogP contribution is 2.26. The van der Waals surface area contributed by atoms with E-state index in [1.807, 2.05) is 22.1 Å². The third kappa shape index (κ3) is 5.95. The van der Waals surface area contributed by atoms with Gasteiger partial charge in [-0.2, -0.15) is 0 Å². The summed E-state index contributed by atoms with van der Waals surface area (Å²) >= 11 is 8.04. The molecule has 0 aliphatic rings. The fraction of sp³-hybridized carbons (Fsp3) is 0.348. The molecule has 164 valence electrons. The van der Waals surface area contributed by atoms with Gasteiger partial charge in [0.25, 0.3) is 0 Å². The van der Waals surface area contributed by atoms with Crippen molar-refractivity contribution in [3.63, 3.8) is 0 Å². The molecule has 0 bridgehead atoms. The number of rotatable bonds is 11. The number of benzene rings is 1. The predicted octanol–water partition coefficient (Wildman–Crippen LogP) is 5.17. The molecule has 8 heteroatoms. The van der Waals surface area contributed by atoms with Gasteiger partial charge in [-0.15, -0.1) is 11.3 Å². The maximum Gasteiger partial charge on any atom is 0.335 e. The van der Waals surface area contributed by atoms with Crippen LogP contribution in [-0.4, -0.2) is 31.7 Å². The van der Waals surface area contributed by atoms with E-state index in [9.17, 15) is 14.7 Å². The number of aromatic nitrogens is 2. The third-order valence-corrected chi connectivity index (χ3v) is 6.42. The van der Waals surface area contributed by atoms with Gasteiger partial charge in [0.15, 0.2) is 5.15 Å². The molecule has 1 aromatic carbocycles. The van der Waals surface area contributed by atoms with E-state index in [4.69, 9.17) is 16.7 Å². The van der Waals surface area contributed by atoms with Crippen molar-refractivity contribution in [3.8, 4) is 0 Å². The summed E-state index contributed by atoms with van der Waals surface area (Å²) in [6, 6.07) is 10.5. The molecular formula is C23H25ClN2O4S. The zero-order valence-corrected chi connectivity index (χ0v) is 18.8. The Bertz CT molecular complexity index is 1030. The molecule has 0 aliphatic heterocycles. The van der Waals surface area contributed by atoms with Gasteiger partial charge in [0.05, 0.1) is 17.2 Å². The van der Waals surface area contributed by atoms with Gasteiger partial charge in [-0.25, -0.2) is 9.78 Å². The van der Waals surface area contributed by atoms with Gasteiger partial charge >= 0.3 is 11.9 Å². The molecule has 0 fully saturated rings. The van der Waals surface area contributed by atoms with Gasteiger partial charge in [-0.05, 0) is 42.0 Å². The average molecular weight is 461 g/mol. The van der Waals surface area contributed by atoms with Crippen molar-refractivity contribution in [1.29, 1.82) is 0 Å². The van der Waals surface area contributed by atoms with E-state index in [-0.39, 0.29) is 12.0 Å². The molecule has 0 saturated heterocycles. The maximum absolute atomic E-state index is 12.0. The molecule has 2 heterocycles. The van der Waals surface area contributed by atoms with Crippen molar-refractivity contribution in [2.45, 2.75) is 45.6 Å². The largest absolute Gasteiger partial charge is 0.481 e. The summed E-state index contributed by atoms with van der Waals surface area (Å²) in [5, 5.41) is 21.2. The van der Waals surface area contributed by atoms with Gasteiger partial charge in [-0.1, -0.05) is 43.1 Å². The van der Waals surface area contributed by atoms with Crippen LogP contribution in [0.15, 0.2) is 41.8 Å². The smallest absolute Gasteiger partial charge is 0.335 e. The van der Waals surface area contributed by atoms with Gasteiger partial charge < -0.3 is 14.8 Å². The van der Waals surface area contributed by atoms with Crippen LogP contribution >= 0.6 is 22.9 Å². The van der Waals surface area contributed by atoms with Crippen LogP contribution in [0.1, 0.15) is 52.1 Å². The van der Waals surface area contributed by atoms with Crippen molar-refractivity contribution in [1.82, 2.24) is 9.55 Å². The zero-order chi connectivity index (χ0) is 22.4. The minimum atomic E-state index is -0.973. The minimum absolute atomic E-state index is 0.223. The number of aryl methyl sites for hydroxylation is 1. The van der Waals surface area contributed by atoms with Crippen molar-refractivity contribution >= 4 is 34.9 Å². The number of halogens is 1. The van der Waals surface area contributed by atoms with Crippen LogP contribution in [0.25, 0.3) is 0 Å². The zero-order valence-electron chi connectivity index (χ0n) is 17.3. The monoisotopic (exact) mass is 460 g/mol. The highest BCUT2D eigenvalue weighted by molar-refractivity contribution is 7.09. The molecular weight excluding hydrogens is 436 g/mol. The maximum atomic E-state index is 12.0. The molecule has 31 heavy (non-hydrogen) atoms. The number of aliphatic carboxylic acids is 1. The molecule has 2 N–H and O–H groups in total. The lowest BCUT2D eigenvalue weighted by molar-refractivity contribution is -0.141. The SMILES string of the molecule is CCCCc1nc(Cl)c(CC(Cc2cccs2)C(=O)O)n1Cc1ccc(C(=O)O)cc1. The Balaban J connectivity index is 1.91. The molecule has 0 saturated carbocycles. The molecule has 6 nitrogen and oxygen atoms in total. The van der Waals surface area contributed by atoms with Gasteiger partial charge in [-0.3, -0.25) is 4.79 Å². The molecule has 0 radical (unpaired) electrons. The van der Waals surface area contributed by atoms with Gasteiger partial charge in [0, 0.05) is 24.3 Å². The van der Waals surface area contributed by atoms with E-state index in [1.165, 1.54) is 0 Å². The van der Waals surface area contributed by atoms with Crippen LogP contribution < -0.4 is 0 Å². The van der Waals surface area contributed by atoms with Gasteiger partial charge in [0.2, 0.25) is 0 Å². The lowest BCUT2D eigenvalue weighted by Gasteiger charge is -2.16. The second kappa shape index (κ2) is 10.6. The summed E-state index contributed by atoms with van der Waals surface area (Å²) < 4.78 is 2.00. The van der Waals surface area contributed by atoms with Crippen LogP contribution in [0.4, 0.5) is 0 Å². The summed E-state index contributed by atoms with van der Waals surface area (Å²) in [4.78, 5) is 28.7. The van der Waals surface area contributed by atoms with Crippen LogP contribution in [0, 0.1) is 5.92 Å². The molecule has 0 aliphatic carbocycles. The highest BCUT2D eigenvalue weighted by atomic mass is 35.5. The number of carboxylic acid groups (broad SMARTS) is 2. The molecule has 3 rings (SSSR count). The molecule has 2 aromatic heterocycles. The lowest BCUT2D eigenvalue weighted by Crippen LogP contribution is -2.21. The Morgan fingerprint density at radius 2 is 1.90 bits per heavy atom. The quantitative estimate of drug-likeness (QED) is 0.411. The normalized spacial score (nSPS) is 12.1. The van der Waals surface area contributed by atoms with Crippen LogP contribution in [0.3, 0.4) is 0 Å². The first kappa shape index (κ1) is 23.0. The Hall–Kier alpha value is -2.64. The first-order valence-electron chi connectivity index (χ1n) is 10.2. The average Bonchev–Trinajstić information content (AvgIpc) is 3.35. The number of unbranched alkanes of at least 4 members (excludes halogenated alkanes) is 1. The van der Waals surface area contributed by atoms with Crippen molar-refractivity contribution in [3.05, 3.63) is 74.5 Å². The molecule has 1 atom stereocenters. The highest BCUT2D eigenvalue weighted by Gasteiger charge is 2.25. The van der Waals surface area contributed by atoms with E-state index in [0.29, 0.717) is 23.8 Å². The van der Waals surface area contributed by atoms with Gasteiger partial charge in [0.1, 0.15) is 5.82 Å². The van der Waals surface area contributed by atoms with Crippen LogP contribution in [0.2, 0.25) is 5.15 Å². The van der Waals surface area contributed by atoms with Crippen molar-refractivity contribution < 1.29 is 19.8 Å². The minimum Gasteiger partial charge on any atom is -0.481 e. The van der Waals surface area contributed by atoms with E-state index in [1.54, 1.807) is 35.6 Å². The Kier molecular flexibility index (Phi) is 7.87. The number of aromatic carboxylic acids is 1. The fourth-order valence-corrected chi connectivity index (χ4v) is 4.56. The van der Waals surface area contributed by atoms with Crippen LogP contribution in [-0.2, 0) is 30.6 Å². The summed E-state index contributed by atoms with van der Waals surface area (Å²) in [6.07, 6.45) is 3.40. The molecule has 0 amide bonds. The standard InChI is InChI=1S/C23H25ClN2O4S/c1-2-3-6-20-25-21(24)19(13-17(23(29)30)12-18-5-4-11-31-18)26(20)14-15-7-9-16(10-8-15)22(27)28/h4-5,7-11,17H,2-3,6,12-14H2,1H3,(H,27,28)(H,29,30). The van der Waals surface area contributed by atoms with Crippen molar-refractivity contribution in [2.75, 3.05) is 0 Å². The second-order valence-corrected chi connectivity index (χ2v) is 8.87. The van der Waals surface area contributed by atoms with Crippen LogP contribution in [0.5, 0.6) is 0 Å². The summed E-state index contributed by atoms with van der Waals surface area (Å²) in [6.45, 7) is 2.56. The Morgan fingerprint density at radius 3 is 2.48 bits per heavy atom. The van der Waals surface area contributed by atoms with E-state index in [0.717, 1.165) is 35.5 Å². The van der Waals surface area contributed by atoms with E-state index in [2.05, 4.69) is 11.9 Å². The second-order valence-electron chi connectivity index (χ2n) is 7.48. The lowest BCUT2D eigenvalue weighted by atomic mass is 9.98. The summed E-state index contributed by atoms with van der Waals surface area (Å²) in [7, 11) is 0. The number of hydrogen-bond donors (Lipinski definition) is 2. The molecule has 3 aromatic rings. The summed E-state index contributed by atoms with van der Waals surface area (Å²) in [5.74, 6) is -1.62. The topological polar surface area (TPSA) is 92.4 Å². The first-order chi connectivity index (χ1) is 14.9. The van der Waals surface area contributed by atoms with E-state index >= 15 is 0 Å². The predicted molar refractivity (Wildman–Crippen MR) is 121 cm³/mol. The number of nitrogens with zero attached hydrogens (tertiary/aromatic N) is 2. The summed E-state index contributed by atoms with van der Waals surface area (Å²) in [5.41, 5.74) is 1.84. The number of thiophene rings is 1.